The topological polar surface area (TPSA) is 81.1 Å². The van der Waals surface area contributed by atoms with Gasteiger partial charge in [-0.15, -0.1) is 0 Å². The number of nitrogens with one attached hydrogen (secondary N) is 1. The van der Waals surface area contributed by atoms with Gasteiger partial charge < -0.3 is 16.8 Å². The molecule has 0 saturated carbocycles. The third-order valence-corrected chi connectivity index (χ3v) is 2.87. The lowest BCUT2D eigenvalue weighted by Gasteiger charge is -2.10. The van der Waals surface area contributed by atoms with Gasteiger partial charge in [0.2, 0.25) is 5.91 Å². The fourth-order valence-electron chi connectivity index (χ4n) is 1.36. The second kappa shape index (κ2) is 6.44. The minimum atomic E-state index is -0.387. The molecule has 0 saturated heterocycles. The number of primary amides is 1. The maximum Gasteiger partial charge on any atom is 0.217 e. The van der Waals surface area contributed by atoms with E-state index in [4.69, 9.17) is 11.5 Å². The Morgan fingerprint density at radius 1 is 1.41 bits per heavy atom. The predicted octanol–water partition coefficient (Wildman–Crippen LogP) is 2.24. The lowest BCUT2D eigenvalue weighted by Crippen LogP contribution is -2.11. The first-order valence-electron chi connectivity index (χ1n) is 5.27. The third kappa shape index (κ3) is 4.60. The molecular formula is C11H15BrFN3O. The fraction of sp³-hybridized carbons (Fsp3) is 0.364. The van der Waals surface area contributed by atoms with Crippen molar-refractivity contribution in [3.63, 3.8) is 0 Å². The maximum atomic E-state index is 13.1. The number of nitrogens with two attached hydrogens (primary N) is 2. The van der Waals surface area contributed by atoms with Gasteiger partial charge >= 0.3 is 0 Å². The summed E-state index contributed by atoms with van der Waals surface area (Å²) < 4.78 is 13.5. The van der Waals surface area contributed by atoms with Gasteiger partial charge in [-0.1, -0.05) is 0 Å². The molecule has 1 rings (SSSR count). The number of nitrogen functional groups attached to an aromatic ring is 1. The second-order valence-corrected chi connectivity index (χ2v) is 4.56. The van der Waals surface area contributed by atoms with Crippen molar-refractivity contribution in [3.05, 3.63) is 22.4 Å². The van der Waals surface area contributed by atoms with Gasteiger partial charge in [0.15, 0.2) is 0 Å². The van der Waals surface area contributed by atoms with Crippen LogP contribution in [0.3, 0.4) is 0 Å². The molecular weight excluding hydrogens is 289 g/mol. The monoisotopic (exact) mass is 303 g/mol. The van der Waals surface area contributed by atoms with Crippen LogP contribution in [0.1, 0.15) is 19.3 Å². The van der Waals surface area contributed by atoms with Gasteiger partial charge in [-0.25, -0.2) is 4.39 Å². The number of carbonyl (C=O) groups excluding carboxylic acids is 1. The summed E-state index contributed by atoms with van der Waals surface area (Å²) in [5.74, 6) is -0.684. The van der Waals surface area contributed by atoms with Crippen molar-refractivity contribution in [1.82, 2.24) is 0 Å². The van der Waals surface area contributed by atoms with Crippen LogP contribution >= 0.6 is 15.9 Å². The van der Waals surface area contributed by atoms with Gasteiger partial charge in [0.25, 0.3) is 0 Å². The number of amides is 1. The summed E-state index contributed by atoms with van der Waals surface area (Å²) in [4.78, 5) is 10.5. The number of halogens is 2. The van der Waals surface area contributed by atoms with Gasteiger partial charge in [-0.2, -0.15) is 0 Å². The van der Waals surface area contributed by atoms with Crippen LogP contribution in [0, 0.1) is 5.82 Å². The van der Waals surface area contributed by atoms with E-state index in [1.165, 1.54) is 6.07 Å². The van der Waals surface area contributed by atoms with E-state index in [0.29, 0.717) is 28.8 Å². The zero-order chi connectivity index (χ0) is 12.8. The summed E-state index contributed by atoms with van der Waals surface area (Å²) in [6.07, 6.45) is 1.91. The quantitative estimate of drug-likeness (QED) is 0.557. The van der Waals surface area contributed by atoms with Crippen LogP contribution in [-0.4, -0.2) is 12.5 Å². The number of unbranched alkanes of at least 4 members (excludes halogenated alkanes) is 1. The van der Waals surface area contributed by atoms with E-state index < -0.39 is 0 Å². The van der Waals surface area contributed by atoms with Crippen LogP contribution in [0.25, 0.3) is 0 Å². The van der Waals surface area contributed by atoms with Gasteiger partial charge in [-0.05, 0) is 34.8 Å². The molecule has 0 unspecified atom stereocenters. The van der Waals surface area contributed by atoms with E-state index in [9.17, 15) is 9.18 Å². The average Bonchev–Trinajstić information content (AvgIpc) is 2.24. The van der Waals surface area contributed by atoms with Crippen LogP contribution < -0.4 is 16.8 Å². The Balaban J connectivity index is 2.41. The molecule has 0 atom stereocenters. The molecule has 1 aromatic carbocycles. The molecule has 1 aromatic rings. The summed E-state index contributed by atoms with van der Waals surface area (Å²) in [7, 11) is 0. The van der Waals surface area contributed by atoms with Gasteiger partial charge in [0.1, 0.15) is 5.82 Å². The molecule has 6 heteroatoms. The first kappa shape index (κ1) is 13.8. The third-order valence-electron chi connectivity index (χ3n) is 2.26. The van der Waals surface area contributed by atoms with Crippen LogP contribution in [0.4, 0.5) is 15.8 Å². The normalized spacial score (nSPS) is 10.2. The smallest absolute Gasteiger partial charge is 0.217 e. The highest BCUT2D eigenvalue weighted by Gasteiger charge is 2.05. The van der Waals surface area contributed by atoms with Crippen molar-refractivity contribution in [2.24, 2.45) is 5.73 Å². The van der Waals surface area contributed by atoms with E-state index in [1.54, 1.807) is 6.07 Å². The molecule has 0 aliphatic heterocycles. The summed E-state index contributed by atoms with van der Waals surface area (Å²) >= 11 is 3.09. The standard InChI is InChI=1S/C11H15BrFN3O/c12-7-5-10(9(14)6-8(7)13)16-4-2-1-3-11(15)17/h5-6,16H,1-4,14H2,(H2,15,17). The van der Waals surface area contributed by atoms with E-state index in [0.717, 1.165) is 12.8 Å². The number of rotatable bonds is 6. The Bertz CT molecular complexity index is 412. The highest BCUT2D eigenvalue weighted by Crippen LogP contribution is 2.26. The maximum absolute atomic E-state index is 13.1. The van der Waals surface area contributed by atoms with Crippen LogP contribution in [0.15, 0.2) is 16.6 Å². The van der Waals surface area contributed by atoms with E-state index in [2.05, 4.69) is 21.2 Å². The van der Waals surface area contributed by atoms with E-state index >= 15 is 0 Å². The van der Waals surface area contributed by atoms with Crippen molar-refractivity contribution < 1.29 is 9.18 Å². The van der Waals surface area contributed by atoms with Crippen molar-refractivity contribution in [3.8, 4) is 0 Å². The molecule has 5 N–H and O–H groups in total. The lowest BCUT2D eigenvalue weighted by molar-refractivity contribution is -0.118. The van der Waals surface area contributed by atoms with Crippen molar-refractivity contribution in [1.29, 1.82) is 0 Å². The lowest BCUT2D eigenvalue weighted by atomic mass is 10.2. The molecule has 0 aromatic heterocycles. The predicted molar refractivity (Wildman–Crippen MR) is 70.0 cm³/mol. The molecule has 0 spiro atoms. The van der Waals surface area contributed by atoms with Crippen LogP contribution in [-0.2, 0) is 4.79 Å². The molecule has 4 nitrogen and oxygen atoms in total. The summed E-state index contributed by atoms with van der Waals surface area (Å²) in [6, 6.07) is 2.86. The van der Waals surface area contributed by atoms with Crippen LogP contribution in [0.2, 0.25) is 0 Å². The molecule has 0 fully saturated rings. The fourth-order valence-corrected chi connectivity index (χ4v) is 1.71. The van der Waals surface area contributed by atoms with Gasteiger partial charge in [0, 0.05) is 19.0 Å². The Labute approximate surface area is 108 Å². The molecule has 0 heterocycles. The molecule has 0 aliphatic carbocycles. The zero-order valence-electron chi connectivity index (χ0n) is 9.30. The van der Waals surface area contributed by atoms with Gasteiger partial charge in [0.05, 0.1) is 15.8 Å². The SMILES string of the molecule is NC(=O)CCCCNc1cc(Br)c(F)cc1N. The molecule has 1 amide bonds. The number of benzene rings is 1. The Hall–Kier alpha value is -1.30. The first-order valence-corrected chi connectivity index (χ1v) is 6.06. The zero-order valence-corrected chi connectivity index (χ0v) is 10.9. The number of carbonyl (C=O) groups is 1. The Morgan fingerprint density at radius 3 is 2.76 bits per heavy atom. The molecule has 94 valence electrons. The minimum absolute atomic E-state index is 0.297. The van der Waals surface area contributed by atoms with Crippen LogP contribution in [0.5, 0.6) is 0 Å². The minimum Gasteiger partial charge on any atom is -0.397 e. The molecule has 0 aliphatic rings. The highest BCUT2D eigenvalue weighted by molar-refractivity contribution is 9.10. The molecule has 17 heavy (non-hydrogen) atoms. The number of anilines is 2. The summed E-state index contributed by atoms with van der Waals surface area (Å²) in [5, 5.41) is 3.08. The van der Waals surface area contributed by atoms with Gasteiger partial charge in [-0.3, -0.25) is 4.79 Å². The first-order chi connectivity index (χ1) is 8.00. The van der Waals surface area contributed by atoms with Crippen molar-refractivity contribution >= 4 is 33.2 Å². The number of hydrogen-bond acceptors (Lipinski definition) is 3. The van der Waals surface area contributed by atoms with Crippen molar-refractivity contribution in [2.45, 2.75) is 19.3 Å². The average molecular weight is 304 g/mol. The highest BCUT2D eigenvalue weighted by atomic mass is 79.9. The van der Waals surface area contributed by atoms with E-state index in [-0.39, 0.29) is 11.7 Å². The molecule has 0 bridgehead atoms. The Kier molecular flexibility index (Phi) is 5.21. The largest absolute Gasteiger partial charge is 0.397 e. The molecule has 0 radical (unpaired) electrons. The summed E-state index contributed by atoms with van der Waals surface area (Å²) in [5.41, 5.74) is 11.7. The van der Waals surface area contributed by atoms with E-state index in [1.807, 2.05) is 0 Å². The second-order valence-electron chi connectivity index (χ2n) is 3.70. The Morgan fingerprint density at radius 2 is 2.12 bits per heavy atom. The van der Waals surface area contributed by atoms with Crippen molar-refractivity contribution in [2.75, 3.05) is 17.6 Å². The summed E-state index contributed by atoms with van der Waals surface area (Å²) in [6.45, 7) is 0.662. The number of hydrogen-bond donors (Lipinski definition) is 3.